The number of hydrogen-bond donors (Lipinski definition) is 2. The lowest BCUT2D eigenvalue weighted by Crippen LogP contribution is -2.20. The van der Waals surface area contributed by atoms with E-state index in [1.54, 1.807) is 38.7 Å². The topological polar surface area (TPSA) is 119 Å². The summed E-state index contributed by atoms with van der Waals surface area (Å²) < 4.78 is 6.72. The highest BCUT2D eigenvalue weighted by Crippen LogP contribution is 2.23. The molecular formula is C17H16N8O2. The van der Waals surface area contributed by atoms with Crippen LogP contribution in [-0.2, 0) is 6.54 Å². The zero-order chi connectivity index (χ0) is 18.8. The van der Waals surface area contributed by atoms with Crippen molar-refractivity contribution in [3.05, 3.63) is 48.2 Å². The lowest BCUT2D eigenvalue weighted by atomic mass is 10.2. The van der Waals surface area contributed by atoms with Crippen LogP contribution < -0.4 is 15.4 Å². The maximum absolute atomic E-state index is 11.8. The zero-order valence-corrected chi connectivity index (χ0v) is 14.7. The molecule has 0 radical (unpaired) electrons. The molecule has 2 N–H and O–H groups in total. The van der Waals surface area contributed by atoms with Gasteiger partial charge in [0.2, 0.25) is 0 Å². The van der Waals surface area contributed by atoms with Crippen LogP contribution in [0.1, 0.15) is 16.3 Å². The molecule has 0 saturated carbocycles. The van der Waals surface area contributed by atoms with Crippen LogP contribution >= 0.6 is 0 Å². The van der Waals surface area contributed by atoms with E-state index in [0.717, 1.165) is 5.69 Å². The number of carbonyl (C=O) groups excluding carboxylic acids is 1. The molecule has 136 valence electrons. The molecule has 0 aliphatic carbocycles. The minimum absolute atomic E-state index is 0.275. The van der Waals surface area contributed by atoms with Crippen LogP contribution in [0.3, 0.4) is 0 Å². The molecule has 4 rings (SSSR count). The fourth-order valence-electron chi connectivity index (χ4n) is 2.63. The normalized spacial score (nSPS) is 10.9. The van der Waals surface area contributed by atoms with E-state index in [1.807, 2.05) is 12.1 Å². The van der Waals surface area contributed by atoms with Crippen molar-refractivity contribution in [2.24, 2.45) is 0 Å². The maximum Gasteiger partial charge on any atom is 0.271 e. The SMILES string of the molecule is CNC(=O)c1ccc2nnc(CNc3ccnc4cc(OC)cnc34)n2n1. The average Bonchev–Trinajstić information content (AvgIpc) is 3.13. The number of nitrogens with one attached hydrogen (secondary N) is 2. The summed E-state index contributed by atoms with van der Waals surface area (Å²) in [4.78, 5) is 20.5. The average molecular weight is 364 g/mol. The number of rotatable bonds is 5. The van der Waals surface area contributed by atoms with E-state index in [2.05, 4.69) is 35.9 Å². The van der Waals surface area contributed by atoms with Crippen LogP contribution in [0.4, 0.5) is 5.69 Å². The third kappa shape index (κ3) is 3.08. The Morgan fingerprint density at radius 1 is 1.22 bits per heavy atom. The molecule has 4 heterocycles. The fourth-order valence-corrected chi connectivity index (χ4v) is 2.63. The van der Waals surface area contributed by atoms with Crippen LogP contribution in [0.2, 0.25) is 0 Å². The maximum atomic E-state index is 11.8. The minimum Gasteiger partial charge on any atom is -0.495 e. The van der Waals surface area contributed by atoms with Crippen molar-refractivity contribution in [1.29, 1.82) is 0 Å². The fraction of sp³-hybridized carbons (Fsp3) is 0.176. The van der Waals surface area contributed by atoms with Gasteiger partial charge >= 0.3 is 0 Å². The van der Waals surface area contributed by atoms with Gasteiger partial charge < -0.3 is 15.4 Å². The number of aromatic nitrogens is 6. The summed E-state index contributed by atoms with van der Waals surface area (Å²) in [6.07, 6.45) is 3.33. The third-order valence-electron chi connectivity index (χ3n) is 4.01. The Kier molecular flexibility index (Phi) is 4.21. The number of nitrogens with zero attached hydrogens (tertiary/aromatic N) is 6. The summed E-state index contributed by atoms with van der Waals surface area (Å²) in [5.41, 5.74) is 3.06. The van der Waals surface area contributed by atoms with Crippen LogP contribution in [-0.4, -0.2) is 49.8 Å². The van der Waals surface area contributed by atoms with E-state index >= 15 is 0 Å². The first kappa shape index (κ1) is 16.6. The summed E-state index contributed by atoms with van der Waals surface area (Å²) in [5, 5.41) is 18.3. The molecule has 0 bridgehead atoms. The Labute approximate surface area is 153 Å². The molecule has 0 aliphatic rings. The Balaban J connectivity index is 1.64. The highest BCUT2D eigenvalue weighted by atomic mass is 16.5. The van der Waals surface area contributed by atoms with Gasteiger partial charge in [0.25, 0.3) is 5.91 Å². The lowest BCUT2D eigenvalue weighted by Gasteiger charge is -2.08. The van der Waals surface area contributed by atoms with Crippen molar-refractivity contribution in [3.8, 4) is 5.75 Å². The van der Waals surface area contributed by atoms with Gasteiger partial charge in [-0.25, -0.2) is 4.98 Å². The number of fused-ring (bicyclic) bond motifs is 2. The summed E-state index contributed by atoms with van der Waals surface area (Å²) in [6, 6.07) is 6.95. The van der Waals surface area contributed by atoms with Gasteiger partial charge in [0.1, 0.15) is 17.0 Å². The first-order valence-corrected chi connectivity index (χ1v) is 8.15. The summed E-state index contributed by atoms with van der Waals surface area (Å²) >= 11 is 0. The van der Waals surface area contributed by atoms with E-state index in [9.17, 15) is 4.79 Å². The second-order valence-corrected chi connectivity index (χ2v) is 5.64. The molecule has 27 heavy (non-hydrogen) atoms. The molecule has 0 spiro atoms. The molecule has 0 aromatic carbocycles. The third-order valence-corrected chi connectivity index (χ3v) is 4.01. The van der Waals surface area contributed by atoms with Crippen molar-refractivity contribution in [3.63, 3.8) is 0 Å². The number of ether oxygens (including phenoxy) is 1. The molecule has 0 fully saturated rings. The van der Waals surface area contributed by atoms with Gasteiger partial charge in [-0.1, -0.05) is 0 Å². The number of methoxy groups -OCH3 is 1. The molecule has 1 amide bonds. The quantitative estimate of drug-likeness (QED) is 0.539. The first-order valence-electron chi connectivity index (χ1n) is 8.15. The highest BCUT2D eigenvalue weighted by molar-refractivity contribution is 5.92. The Morgan fingerprint density at radius 2 is 2.11 bits per heavy atom. The van der Waals surface area contributed by atoms with E-state index in [0.29, 0.717) is 34.8 Å². The summed E-state index contributed by atoms with van der Waals surface area (Å²) in [6.45, 7) is 0.345. The second-order valence-electron chi connectivity index (χ2n) is 5.64. The molecule has 4 aromatic rings. The number of carbonyl (C=O) groups is 1. The smallest absolute Gasteiger partial charge is 0.271 e. The molecule has 10 heteroatoms. The highest BCUT2D eigenvalue weighted by Gasteiger charge is 2.12. The first-order chi connectivity index (χ1) is 13.2. The van der Waals surface area contributed by atoms with Gasteiger partial charge in [0.05, 0.1) is 31.1 Å². The molecule has 0 atom stereocenters. The van der Waals surface area contributed by atoms with Crippen molar-refractivity contribution >= 4 is 28.3 Å². The monoisotopic (exact) mass is 364 g/mol. The van der Waals surface area contributed by atoms with E-state index in [1.165, 1.54) is 4.52 Å². The van der Waals surface area contributed by atoms with Gasteiger partial charge in [-0.2, -0.15) is 9.61 Å². The number of hydrogen-bond acceptors (Lipinski definition) is 8. The van der Waals surface area contributed by atoms with Crippen LogP contribution in [0, 0.1) is 0 Å². The van der Waals surface area contributed by atoms with Gasteiger partial charge in [0.15, 0.2) is 11.5 Å². The minimum atomic E-state index is -0.275. The van der Waals surface area contributed by atoms with Gasteiger partial charge in [-0.05, 0) is 18.2 Å². The van der Waals surface area contributed by atoms with Crippen LogP contribution in [0.15, 0.2) is 36.7 Å². The molecule has 0 unspecified atom stereocenters. The largest absolute Gasteiger partial charge is 0.495 e. The molecule has 4 aromatic heterocycles. The van der Waals surface area contributed by atoms with E-state index < -0.39 is 0 Å². The van der Waals surface area contributed by atoms with E-state index in [-0.39, 0.29) is 11.6 Å². The standard InChI is InChI=1S/C17H16N8O2/c1-18-17(26)12-3-4-14-22-23-15(25(14)24-12)9-20-11-5-6-19-13-7-10(27-2)8-21-16(11)13/h3-8H,9H2,1-2H3,(H,18,26)(H,19,20). The van der Waals surface area contributed by atoms with Gasteiger partial charge in [0, 0.05) is 19.3 Å². The van der Waals surface area contributed by atoms with E-state index in [4.69, 9.17) is 4.74 Å². The molecular weight excluding hydrogens is 348 g/mol. The van der Waals surface area contributed by atoms with Crippen molar-refractivity contribution in [2.45, 2.75) is 6.54 Å². The number of amides is 1. The second kappa shape index (κ2) is 6.83. The summed E-state index contributed by atoms with van der Waals surface area (Å²) in [7, 11) is 3.14. The summed E-state index contributed by atoms with van der Waals surface area (Å²) in [5.74, 6) is 0.929. The van der Waals surface area contributed by atoms with Gasteiger partial charge in [-0.3, -0.25) is 9.78 Å². The predicted molar refractivity (Wildman–Crippen MR) is 97.6 cm³/mol. The molecule has 0 saturated heterocycles. The van der Waals surface area contributed by atoms with Gasteiger partial charge in [-0.15, -0.1) is 10.2 Å². The van der Waals surface area contributed by atoms with Crippen molar-refractivity contribution < 1.29 is 9.53 Å². The molecule has 0 aliphatic heterocycles. The number of anilines is 1. The van der Waals surface area contributed by atoms with Crippen LogP contribution in [0.5, 0.6) is 5.75 Å². The molecule has 10 nitrogen and oxygen atoms in total. The van der Waals surface area contributed by atoms with Crippen LogP contribution in [0.25, 0.3) is 16.7 Å². The predicted octanol–water partition coefficient (Wildman–Crippen LogP) is 1.05. The Morgan fingerprint density at radius 3 is 2.93 bits per heavy atom. The number of pyridine rings is 2. The lowest BCUT2D eigenvalue weighted by molar-refractivity contribution is 0.0957. The Bertz CT molecular complexity index is 1140. The van der Waals surface area contributed by atoms with Crippen molar-refractivity contribution in [1.82, 2.24) is 35.1 Å². The zero-order valence-electron chi connectivity index (χ0n) is 14.7. The van der Waals surface area contributed by atoms with Crippen molar-refractivity contribution in [2.75, 3.05) is 19.5 Å². The Hall–Kier alpha value is -3.82.